The van der Waals surface area contributed by atoms with Crippen LogP contribution in [0.2, 0.25) is 5.02 Å². The van der Waals surface area contributed by atoms with Crippen LogP contribution >= 0.6 is 22.9 Å². The molecule has 3 rings (SSSR count). The van der Waals surface area contributed by atoms with Crippen LogP contribution < -0.4 is 10.1 Å². The summed E-state index contributed by atoms with van der Waals surface area (Å²) in [4.78, 5) is 16.7. The fraction of sp³-hybridized carbons (Fsp3) is 0.125. The minimum Gasteiger partial charge on any atom is -0.497 e. The highest BCUT2D eigenvalue weighted by Gasteiger charge is 2.11. The van der Waals surface area contributed by atoms with Crippen LogP contribution in [-0.4, -0.2) is 18.0 Å². The SMILES string of the molecule is COc1cccc(C(=O)Nc2nc3cc(Cl)c(C)cc3s2)c1. The lowest BCUT2D eigenvalue weighted by atomic mass is 10.2. The molecular weight excluding hydrogens is 320 g/mol. The van der Waals surface area contributed by atoms with Gasteiger partial charge in [0.2, 0.25) is 0 Å². The van der Waals surface area contributed by atoms with Gasteiger partial charge in [-0.1, -0.05) is 29.0 Å². The van der Waals surface area contributed by atoms with Crippen molar-refractivity contribution >= 4 is 44.2 Å². The Balaban J connectivity index is 1.87. The predicted octanol–water partition coefficient (Wildman–Crippen LogP) is 4.52. The second-order valence-electron chi connectivity index (χ2n) is 4.77. The number of fused-ring (bicyclic) bond motifs is 1. The van der Waals surface area contributed by atoms with Gasteiger partial charge in [0, 0.05) is 10.6 Å². The van der Waals surface area contributed by atoms with E-state index in [1.54, 1.807) is 31.4 Å². The third-order valence-electron chi connectivity index (χ3n) is 3.22. The van der Waals surface area contributed by atoms with E-state index < -0.39 is 0 Å². The summed E-state index contributed by atoms with van der Waals surface area (Å²) in [7, 11) is 1.57. The van der Waals surface area contributed by atoms with Crippen molar-refractivity contribution in [2.45, 2.75) is 6.92 Å². The molecule has 6 heteroatoms. The minimum atomic E-state index is -0.222. The highest BCUT2D eigenvalue weighted by molar-refractivity contribution is 7.22. The minimum absolute atomic E-state index is 0.222. The molecule has 2 aromatic carbocycles. The maximum absolute atomic E-state index is 12.3. The summed E-state index contributed by atoms with van der Waals surface area (Å²) in [6.07, 6.45) is 0. The molecule has 1 heterocycles. The quantitative estimate of drug-likeness (QED) is 0.767. The summed E-state index contributed by atoms with van der Waals surface area (Å²) in [6.45, 7) is 1.94. The molecule has 1 N–H and O–H groups in total. The van der Waals surface area contributed by atoms with E-state index in [0.29, 0.717) is 21.5 Å². The number of benzene rings is 2. The fourth-order valence-corrected chi connectivity index (χ4v) is 3.14. The van der Waals surface area contributed by atoms with E-state index in [1.807, 2.05) is 19.1 Å². The van der Waals surface area contributed by atoms with Crippen molar-refractivity contribution in [1.82, 2.24) is 4.98 Å². The summed E-state index contributed by atoms with van der Waals surface area (Å²) in [5.41, 5.74) is 2.29. The van der Waals surface area contributed by atoms with Crippen LogP contribution in [0.4, 0.5) is 5.13 Å². The number of rotatable bonds is 3. The van der Waals surface area contributed by atoms with Gasteiger partial charge in [0.25, 0.3) is 5.91 Å². The number of halogens is 1. The Morgan fingerprint density at radius 1 is 1.32 bits per heavy atom. The molecule has 1 aromatic heterocycles. The number of aryl methyl sites for hydroxylation is 1. The zero-order valence-electron chi connectivity index (χ0n) is 12.0. The number of hydrogen-bond acceptors (Lipinski definition) is 4. The van der Waals surface area contributed by atoms with E-state index in [-0.39, 0.29) is 5.91 Å². The average Bonchev–Trinajstić information content (AvgIpc) is 2.89. The number of methoxy groups -OCH3 is 1. The van der Waals surface area contributed by atoms with Crippen molar-refractivity contribution in [2.75, 3.05) is 12.4 Å². The third-order valence-corrected chi connectivity index (χ3v) is 4.56. The number of nitrogens with one attached hydrogen (secondary N) is 1. The number of nitrogens with zero attached hydrogens (tertiary/aromatic N) is 1. The van der Waals surface area contributed by atoms with Gasteiger partial charge in [-0.2, -0.15) is 0 Å². The highest BCUT2D eigenvalue weighted by Crippen LogP contribution is 2.30. The number of anilines is 1. The number of aromatic nitrogens is 1. The predicted molar refractivity (Wildman–Crippen MR) is 90.3 cm³/mol. The molecule has 0 saturated carbocycles. The van der Waals surface area contributed by atoms with Gasteiger partial charge in [0.05, 0.1) is 17.3 Å². The van der Waals surface area contributed by atoms with E-state index in [0.717, 1.165) is 15.8 Å². The van der Waals surface area contributed by atoms with Crippen LogP contribution in [0.15, 0.2) is 36.4 Å². The second kappa shape index (κ2) is 5.94. The average molecular weight is 333 g/mol. The van der Waals surface area contributed by atoms with Gasteiger partial charge < -0.3 is 4.74 Å². The maximum Gasteiger partial charge on any atom is 0.257 e. The summed E-state index contributed by atoms with van der Waals surface area (Å²) in [5.74, 6) is 0.417. The van der Waals surface area contributed by atoms with Gasteiger partial charge in [-0.15, -0.1) is 0 Å². The van der Waals surface area contributed by atoms with Crippen LogP contribution in [0.5, 0.6) is 5.75 Å². The van der Waals surface area contributed by atoms with E-state index >= 15 is 0 Å². The Bertz CT molecular complexity index is 821. The first-order chi connectivity index (χ1) is 10.6. The lowest BCUT2D eigenvalue weighted by Crippen LogP contribution is -2.11. The highest BCUT2D eigenvalue weighted by atomic mass is 35.5. The van der Waals surface area contributed by atoms with Gasteiger partial charge in [-0.25, -0.2) is 4.98 Å². The third kappa shape index (κ3) is 2.91. The van der Waals surface area contributed by atoms with Crippen molar-refractivity contribution in [3.05, 3.63) is 52.5 Å². The van der Waals surface area contributed by atoms with Gasteiger partial charge in [0.15, 0.2) is 5.13 Å². The van der Waals surface area contributed by atoms with E-state index in [2.05, 4.69) is 10.3 Å². The molecule has 0 unspecified atom stereocenters. The Kier molecular flexibility index (Phi) is 4.00. The first kappa shape index (κ1) is 14.8. The Hall–Kier alpha value is -2.11. The van der Waals surface area contributed by atoms with Crippen LogP contribution in [-0.2, 0) is 0 Å². The molecule has 0 spiro atoms. The lowest BCUT2D eigenvalue weighted by Gasteiger charge is -2.03. The molecule has 22 heavy (non-hydrogen) atoms. The molecular formula is C16H13ClN2O2S. The summed E-state index contributed by atoms with van der Waals surface area (Å²) < 4.78 is 6.11. The van der Waals surface area contributed by atoms with E-state index in [4.69, 9.17) is 16.3 Å². The molecule has 0 bridgehead atoms. The van der Waals surface area contributed by atoms with E-state index in [9.17, 15) is 4.79 Å². The molecule has 1 amide bonds. The lowest BCUT2D eigenvalue weighted by molar-refractivity contribution is 0.102. The number of thiazole rings is 1. The molecule has 0 fully saturated rings. The van der Waals surface area contributed by atoms with Crippen molar-refractivity contribution < 1.29 is 9.53 Å². The summed E-state index contributed by atoms with van der Waals surface area (Å²) in [5, 5.41) is 4.02. The summed E-state index contributed by atoms with van der Waals surface area (Å²) >= 11 is 7.52. The van der Waals surface area contributed by atoms with Gasteiger partial charge in [-0.05, 0) is 42.8 Å². The zero-order chi connectivity index (χ0) is 15.7. The first-order valence-corrected chi connectivity index (χ1v) is 7.78. The number of ether oxygens (including phenoxy) is 1. The van der Waals surface area contributed by atoms with Crippen molar-refractivity contribution in [3.8, 4) is 5.75 Å². The number of carbonyl (C=O) groups excluding carboxylic acids is 1. The number of carbonyl (C=O) groups is 1. The molecule has 0 saturated heterocycles. The van der Waals surface area contributed by atoms with Crippen LogP contribution in [0.25, 0.3) is 10.2 Å². The standard InChI is InChI=1S/C16H13ClN2O2S/c1-9-6-14-13(8-12(9)17)18-16(22-14)19-15(20)10-4-3-5-11(7-10)21-2/h3-8H,1-2H3,(H,18,19,20). The molecule has 4 nitrogen and oxygen atoms in total. The van der Waals surface area contributed by atoms with Gasteiger partial charge in [0.1, 0.15) is 5.75 Å². The zero-order valence-corrected chi connectivity index (χ0v) is 13.6. The van der Waals surface area contributed by atoms with Crippen molar-refractivity contribution in [3.63, 3.8) is 0 Å². The number of amides is 1. The largest absolute Gasteiger partial charge is 0.497 e. The van der Waals surface area contributed by atoms with E-state index in [1.165, 1.54) is 11.3 Å². The molecule has 0 aliphatic rings. The van der Waals surface area contributed by atoms with Gasteiger partial charge in [-0.3, -0.25) is 10.1 Å². The fourth-order valence-electron chi connectivity index (χ4n) is 2.04. The molecule has 0 aliphatic heterocycles. The van der Waals surface area contributed by atoms with Crippen molar-refractivity contribution in [1.29, 1.82) is 0 Å². The number of hydrogen-bond donors (Lipinski definition) is 1. The monoisotopic (exact) mass is 332 g/mol. The first-order valence-electron chi connectivity index (χ1n) is 6.59. The molecule has 0 aliphatic carbocycles. The molecule has 3 aromatic rings. The smallest absolute Gasteiger partial charge is 0.257 e. The maximum atomic E-state index is 12.3. The Labute approximate surface area is 136 Å². The molecule has 112 valence electrons. The second-order valence-corrected chi connectivity index (χ2v) is 6.21. The van der Waals surface area contributed by atoms with Gasteiger partial charge >= 0.3 is 0 Å². The van der Waals surface area contributed by atoms with Crippen LogP contribution in [0.3, 0.4) is 0 Å². The Morgan fingerprint density at radius 2 is 2.14 bits per heavy atom. The molecule has 0 radical (unpaired) electrons. The Morgan fingerprint density at radius 3 is 2.91 bits per heavy atom. The normalized spacial score (nSPS) is 10.7. The molecule has 0 atom stereocenters. The van der Waals surface area contributed by atoms with Crippen LogP contribution in [0, 0.1) is 6.92 Å². The summed E-state index contributed by atoms with van der Waals surface area (Å²) in [6, 6.07) is 10.8. The van der Waals surface area contributed by atoms with Crippen LogP contribution in [0.1, 0.15) is 15.9 Å². The van der Waals surface area contributed by atoms with Crippen molar-refractivity contribution in [2.24, 2.45) is 0 Å². The topological polar surface area (TPSA) is 51.2 Å².